The van der Waals surface area contributed by atoms with Crippen molar-refractivity contribution in [3.8, 4) is 0 Å². The highest BCUT2D eigenvalue weighted by molar-refractivity contribution is 5.82. The highest BCUT2D eigenvalue weighted by atomic mass is 16.6. The van der Waals surface area contributed by atoms with Gasteiger partial charge in [0.2, 0.25) is 11.8 Å². The summed E-state index contributed by atoms with van der Waals surface area (Å²) < 4.78 is 0. The number of nitrogens with zero attached hydrogens (tertiary/aromatic N) is 5. The van der Waals surface area contributed by atoms with Crippen molar-refractivity contribution >= 4 is 23.2 Å². The number of carbonyl (C=O) groups is 2. The third kappa shape index (κ3) is 4.97. The quantitative estimate of drug-likeness (QED) is 0.496. The number of aromatic nitrogens is 1. The van der Waals surface area contributed by atoms with Crippen LogP contribution in [0.2, 0.25) is 0 Å². The Labute approximate surface area is 204 Å². The zero-order chi connectivity index (χ0) is 24.4. The number of anilines is 1. The van der Waals surface area contributed by atoms with E-state index >= 15 is 0 Å². The first-order valence-electron chi connectivity index (χ1n) is 12.2. The van der Waals surface area contributed by atoms with Crippen molar-refractivity contribution in [2.75, 3.05) is 44.2 Å². The van der Waals surface area contributed by atoms with E-state index in [1.807, 2.05) is 17.0 Å². The summed E-state index contributed by atoms with van der Waals surface area (Å²) in [6.07, 6.45) is 5.93. The van der Waals surface area contributed by atoms with Crippen LogP contribution in [-0.2, 0) is 22.6 Å². The fraction of sp³-hybridized carbons (Fsp3) is 0.480. The lowest BCUT2D eigenvalue weighted by molar-refractivity contribution is -0.384. The van der Waals surface area contributed by atoms with Crippen molar-refractivity contribution in [2.45, 2.75) is 31.8 Å². The van der Waals surface area contributed by atoms with Gasteiger partial charge in [-0.05, 0) is 48.6 Å². The Balaban J connectivity index is 1.36. The van der Waals surface area contributed by atoms with Crippen LogP contribution in [0.5, 0.6) is 0 Å². The Morgan fingerprint density at radius 3 is 2.60 bits per heavy atom. The standard InChI is InChI=1S/C25H30N6O4/c32-24(29-9-1-2-10-29)17-28-11-12-30-22-4-3-20(31(34)35)13-19(22)14-21(23(30)16-28)25(33)27-15-18-5-7-26-8-6-18/h3-8,13,21,23H,1-2,9-12,14-17H2,(H,27,33)/t21-,23+/m0/s1. The molecule has 2 amide bonds. The Morgan fingerprint density at radius 2 is 1.86 bits per heavy atom. The van der Waals surface area contributed by atoms with Crippen molar-refractivity contribution < 1.29 is 14.5 Å². The van der Waals surface area contributed by atoms with Crippen LogP contribution >= 0.6 is 0 Å². The highest BCUT2D eigenvalue weighted by Crippen LogP contribution is 2.38. The van der Waals surface area contributed by atoms with E-state index in [-0.39, 0.29) is 29.5 Å². The fourth-order valence-electron chi connectivity index (χ4n) is 5.50. The van der Waals surface area contributed by atoms with Crippen molar-refractivity contribution in [3.63, 3.8) is 0 Å². The summed E-state index contributed by atoms with van der Waals surface area (Å²) in [5, 5.41) is 14.4. The summed E-state index contributed by atoms with van der Waals surface area (Å²) in [5.74, 6) is -0.306. The molecule has 0 aliphatic carbocycles. The predicted molar refractivity (Wildman–Crippen MR) is 130 cm³/mol. The molecule has 5 rings (SSSR count). The molecule has 0 bridgehead atoms. The molecule has 2 aromatic rings. The summed E-state index contributed by atoms with van der Waals surface area (Å²) in [5.41, 5.74) is 2.76. The number of nitro groups is 1. The van der Waals surface area contributed by atoms with Crippen LogP contribution in [0.3, 0.4) is 0 Å². The number of nitrogens with one attached hydrogen (secondary N) is 1. The second kappa shape index (κ2) is 9.99. The molecule has 2 saturated heterocycles. The number of rotatable bonds is 6. The molecule has 1 aromatic carbocycles. The summed E-state index contributed by atoms with van der Waals surface area (Å²) >= 11 is 0. The van der Waals surface area contributed by atoms with E-state index in [1.165, 1.54) is 6.07 Å². The number of non-ortho nitro benzene ring substituents is 1. The normalized spacial score (nSPS) is 21.8. The number of hydrogen-bond acceptors (Lipinski definition) is 7. The van der Waals surface area contributed by atoms with Gasteiger partial charge in [0.1, 0.15) is 0 Å². The smallest absolute Gasteiger partial charge is 0.269 e. The van der Waals surface area contributed by atoms with Gasteiger partial charge in [-0.1, -0.05) is 0 Å². The Kier molecular flexibility index (Phi) is 6.63. The highest BCUT2D eigenvalue weighted by Gasteiger charge is 2.42. The third-order valence-corrected chi connectivity index (χ3v) is 7.36. The Morgan fingerprint density at radius 1 is 1.09 bits per heavy atom. The molecule has 184 valence electrons. The van der Waals surface area contributed by atoms with E-state index in [2.05, 4.69) is 20.1 Å². The minimum absolute atomic E-state index is 0.0352. The van der Waals surface area contributed by atoms with Crippen molar-refractivity contribution in [1.29, 1.82) is 0 Å². The van der Waals surface area contributed by atoms with Crippen LogP contribution in [0.15, 0.2) is 42.7 Å². The molecule has 3 aliphatic rings. The molecular weight excluding hydrogens is 448 g/mol. The number of pyridine rings is 1. The average Bonchev–Trinajstić information content (AvgIpc) is 3.42. The molecule has 10 heteroatoms. The maximum Gasteiger partial charge on any atom is 0.269 e. The molecule has 0 radical (unpaired) electrons. The lowest BCUT2D eigenvalue weighted by Crippen LogP contribution is -2.62. The molecule has 4 heterocycles. The molecule has 2 fully saturated rings. The molecular formula is C25H30N6O4. The topological polar surface area (TPSA) is 112 Å². The van der Waals surface area contributed by atoms with Gasteiger partial charge >= 0.3 is 0 Å². The second-order valence-electron chi connectivity index (χ2n) is 9.54. The molecule has 0 spiro atoms. The van der Waals surface area contributed by atoms with Crippen LogP contribution in [0.25, 0.3) is 0 Å². The van der Waals surface area contributed by atoms with Crippen LogP contribution < -0.4 is 10.2 Å². The monoisotopic (exact) mass is 478 g/mol. The van der Waals surface area contributed by atoms with Crippen molar-refractivity contribution in [2.24, 2.45) is 5.92 Å². The lowest BCUT2D eigenvalue weighted by Gasteiger charge is -2.49. The number of nitro benzene ring substituents is 1. The maximum absolute atomic E-state index is 13.4. The molecule has 1 aromatic heterocycles. The van der Waals surface area contributed by atoms with Crippen LogP contribution in [-0.4, -0.2) is 76.8 Å². The van der Waals surface area contributed by atoms with Gasteiger partial charge in [0.05, 0.1) is 23.4 Å². The van der Waals surface area contributed by atoms with Crippen LogP contribution in [0.1, 0.15) is 24.0 Å². The molecule has 3 aliphatic heterocycles. The number of likely N-dealkylation sites (tertiary alicyclic amines) is 1. The Hall–Kier alpha value is -3.53. The number of hydrogen-bond donors (Lipinski definition) is 1. The van der Waals surface area contributed by atoms with Gasteiger partial charge in [0, 0.05) is 69.5 Å². The van der Waals surface area contributed by atoms with Gasteiger partial charge in [-0.3, -0.25) is 29.6 Å². The van der Waals surface area contributed by atoms with Gasteiger partial charge < -0.3 is 15.1 Å². The summed E-state index contributed by atoms with van der Waals surface area (Å²) in [6.45, 7) is 4.38. The molecule has 1 N–H and O–H groups in total. The van der Waals surface area contributed by atoms with Gasteiger partial charge in [-0.15, -0.1) is 0 Å². The number of piperazine rings is 1. The largest absolute Gasteiger partial charge is 0.365 e. The molecule has 10 nitrogen and oxygen atoms in total. The van der Waals surface area contributed by atoms with E-state index < -0.39 is 4.92 Å². The zero-order valence-electron chi connectivity index (χ0n) is 19.6. The van der Waals surface area contributed by atoms with E-state index in [0.717, 1.165) is 42.7 Å². The summed E-state index contributed by atoms with van der Waals surface area (Å²) in [4.78, 5) is 47.5. The number of fused-ring (bicyclic) bond motifs is 3. The van der Waals surface area contributed by atoms with Gasteiger partial charge in [0.25, 0.3) is 5.69 Å². The van der Waals surface area contributed by atoms with E-state index in [4.69, 9.17) is 0 Å². The molecule has 2 atom stereocenters. The second-order valence-corrected chi connectivity index (χ2v) is 9.54. The SMILES string of the molecule is O=C(NCc1ccncc1)[C@H]1Cc2cc([N+](=O)[O-])ccc2N2CCN(CC(=O)N3CCCC3)C[C@H]12. The first kappa shape index (κ1) is 23.2. The molecule has 0 unspecified atom stereocenters. The fourth-order valence-corrected chi connectivity index (χ4v) is 5.50. The minimum Gasteiger partial charge on any atom is -0.365 e. The van der Waals surface area contributed by atoms with Gasteiger partial charge in [0.15, 0.2) is 0 Å². The van der Waals surface area contributed by atoms with Crippen LogP contribution in [0.4, 0.5) is 11.4 Å². The number of amides is 2. The first-order chi connectivity index (χ1) is 17.0. The minimum atomic E-state index is -0.396. The van der Waals surface area contributed by atoms with E-state index in [0.29, 0.717) is 39.1 Å². The van der Waals surface area contributed by atoms with E-state index in [1.54, 1.807) is 24.5 Å². The molecule has 35 heavy (non-hydrogen) atoms. The first-order valence-corrected chi connectivity index (χ1v) is 12.2. The van der Waals surface area contributed by atoms with E-state index in [9.17, 15) is 19.7 Å². The third-order valence-electron chi connectivity index (χ3n) is 7.36. The summed E-state index contributed by atoms with van der Waals surface area (Å²) in [6, 6.07) is 8.54. The summed E-state index contributed by atoms with van der Waals surface area (Å²) in [7, 11) is 0. The predicted octanol–water partition coefficient (Wildman–Crippen LogP) is 1.59. The van der Waals surface area contributed by atoms with Crippen molar-refractivity contribution in [3.05, 3.63) is 64.0 Å². The van der Waals surface area contributed by atoms with Crippen molar-refractivity contribution in [1.82, 2.24) is 20.1 Å². The van der Waals surface area contributed by atoms with Crippen LogP contribution in [0, 0.1) is 16.0 Å². The van der Waals surface area contributed by atoms with Gasteiger partial charge in [-0.25, -0.2) is 0 Å². The van der Waals surface area contributed by atoms with Gasteiger partial charge in [-0.2, -0.15) is 0 Å². The molecule has 0 saturated carbocycles. The average molecular weight is 479 g/mol. The Bertz CT molecular complexity index is 1100. The maximum atomic E-state index is 13.4. The number of benzene rings is 1. The number of carbonyl (C=O) groups excluding carboxylic acids is 2. The lowest BCUT2D eigenvalue weighted by atomic mass is 9.83. The zero-order valence-corrected chi connectivity index (χ0v) is 19.6.